The van der Waals surface area contributed by atoms with Crippen molar-refractivity contribution in [2.75, 3.05) is 63.8 Å². The monoisotopic (exact) mass is 489 g/mol. The summed E-state index contributed by atoms with van der Waals surface area (Å²) in [6.45, 7) is 4.75. The van der Waals surface area contributed by atoms with Crippen LogP contribution in [0.15, 0.2) is 35.1 Å². The number of ether oxygens (including phenoxy) is 3. The van der Waals surface area contributed by atoms with Gasteiger partial charge in [-0.3, -0.25) is 14.6 Å². The van der Waals surface area contributed by atoms with Crippen LogP contribution in [0.4, 0.5) is 5.13 Å². The molecule has 31 heavy (non-hydrogen) atoms. The van der Waals surface area contributed by atoms with Gasteiger partial charge in [0.2, 0.25) is 5.76 Å². The lowest BCUT2D eigenvalue weighted by Crippen LogP contribution is -2.44. The standard InChI is InChI=1S/C19H23N3O6S2.ClH/c1-30(24,25)14-2-3-15-17(12-14)29-19(20-15)22(5-4-21-6-8-26-9-7-21)18(23)16-13-27-10-11-28-16;/h2-3,12-13H,4-11H2,1H3;1H. The molecule has 1 amide bonds. The molecule has 1 aromatic heterocycles. The van der Waals surface area contributed by atoms with E-state index < -0.39 is 9.84 Å². The molecule has 0 saturated carbocycles. The molecular formula is C19H24ClN3O6S2. The van der Waals surface area contributed by atoms with Crippen molar-refractivity contribution < 1.29 is 27.4 Å². The zero-order chi connectivity index (χ0) is 21.1. The van der Waals surface area contributed by atoms with Crippen LogP contribution >= 0.6 is 23.7 Å². The Kier molecular flexibility index (Phi) is 7.76. The van der Waals surface area contributed by atoms with E-state index >= 15 is 0 Å². The molecule has 1 saturated heterocycles. The average molecular weight is 490 g/mol. The fraction of sp³-hybridized carbons (Fsp3) is 0.474. The van der Waals surface area contributed by atoms with E-state index in [9.17, 15) is 13.2 Å². The van der Waals surface area contributed by atoms with Crippen molar-refractivity contribution in [3.63, 3.8) is 0 Å². The fourth-order valence-electron chi connectivity index (χ4n) is 3.20. The van der Waals surface area contributed by atoms with Gasteiger partial charge in [0.05, 0.1) is 28.3 Å². The van der Waals surface area contributed by atoms with Gasteiger partial charge < -0.3 is 14.2 Å². The second kappa shape index (κ2) is 10.1. The van der Waals surface area contributed by atoms with Crippen molar-refractivity contribution in [1.29, 1.82) is 0 Å². The SMILES string of the molecule is CS(=O)(=O)c1ccc2nc(N(CCN3CCOCC3)C(=O)C3=COCCO3)sc2c1.Cl. The number of benzene rings is 1. The molecule has 4 rings (SSSR count). The molecule has 0 N–H and O–H groups in total. The second-order valence-electron chi connectivity index (χ2n) is 7.01. The van der Waals surface area contributed by atoms with E-state index in [0.29, 0.717) is 54.9 Å². The third-order valence-corrected chi connectivity index (χ3v) is 7.01. The van der Waals surface area contributed by atoms with Crippen LogP contribution in [-0.4, -0.2) is 83.1 Å². The number of rotatable bonds is 6. The quantitative estimate of drug-likeness (QED) is 0.604. The summed E-state index contributed by atoms with van der Waals surface area (Å²) in [5.41, 5.74) is 0.640. The van der Waals surface area contributed by atoms with Gasteiger partial charge in [-0.2, -0.15) is 0 Å². The van der Waals surface area contributed by atoms with Crippen LogP contribution in [0.2, 0.25) is 0 Å². The van der Waals surface area contributed by atoms with Gasteiger partial charge in [-0.05, 0) is 18.2 Å². The normalized spacial score (nSPS) is 17.3. The predicted octanol–water partition coefficient (Wildman–Crippen LogP) is 1.68. The summed E-state index contributed by atoms with van der Waals surface area (Å²) in [6.07, 6.45) is 2.50. The molecular weight excluding hydrogens is 466 g/mol. The summed E-state index contributed by atoms with van der Waals surface area (Å²) < 4.78 is 40.6. The van der Waals surface area contributed by atoms with Crippen LogP contribution in [0.25, 0.3) is 10.2 Å². The molecule has 2 aliphatic rings. The molecule has 0 aliphatic carbocycles. The molecule has 12 heteroatoms. The van der Waals surface area contributed by atoms with Gasteiger partial charge in [0.15, 0.2) is 15.0 Å². The van der Waals surface area contributed by atoms with Crippen LogP contribution in [0, 0.1) is 0 Å². The van der Waals surface area contributed by atoms with Crippen molar-refractivity contribution in [3.8, 4) is 0 Å². The number of hydrogen-bond acceptors (Lipinski definition) is 9. The van der Waals surface area contributed by atoms with E-state index in [1.807, 2.05) is 0 Å². The third kappa shape index (κ3) is 5.66. The maximum Gasteiger partial charge on any atom is 0.298 e. The van der Waals surface area contributed by atoms with Crippen LogP contribution < -0.4 is 4.90 Å². The summed E-state index contributed by atoms with van der Waals surface area (Å²) in [4.78, 5) is 21.8. The number of fused-ring (bicyclic) bond motifs is 1. The highest BCUT2D eigenvalue weighted by molar-refractivity contribution is 7.90. The van der Waals surface area contributed by atoms with E-state index in [4.69, 9.17) is 14.2 Å². The number of anilines is 1. The van der Waals surface area contributed by atoms with Gasteiger partial charge >= 0.3 is 0 Å². The summed E-state index contributed by atoms with van der Waals surface area (Å²) >= 11 is 1.28. The number of nitrogens with zero attached hydrogens (tertiary/aromatic N) is 3. The van der Waals surface area contributed by atoms with Gasteiger partial charge in [-0.15, -0.1) is 12.4 Å². The van der Waals surface area contributed by atoms with Crippen molar-refractivity contribution in [3.05, 3.63) is 30.2 Å². The molecule has 0 bridgehead atoms. The van der Waals surface area contributed by atoms with Gasteiger partial charge in [-0.25, -0.2) is 13.4 Å². The zero-order valence-electron chi connectivity index (χ0n) is 17.0. The van der Waals surface area contributed by atoms with Gasteiger partial charge in [0.1, 0.15) is 19.5 Å². The lowest BCUT2D eigenvalue weighted by atomic mass is 10.3. The number of carbonyl (C=O) groups is 1. The van der Waals surface area contributed by atoms with Crippen LogP contribution in [-0.2, 0) is 28.8 Å². The van der Waals surface area contributed by atoms with E-state index in [2.05, 4.69) is 9.88 Å². The van der Waals surface area contributed by atoms with E-state index in [1.165, 1.54) is 29.9 Å². The molecule has 0 radical (unpaired) electrons. The van der Waals surface area contributed by atoms with Crippen molar-refractivity contribution in [1.82, 2.24) is 9.88 Å². The van der Waals surface area contributed by atoms with Gasteiger partial charge in [0.25, 0.3) is 5.91 Å². The Labute approximate surface area is 190 Å². The summed E-state index contributed by atoms with van der Waals surface area (Å²) in [7, 11) is -3.33. The smallest absolute Gasteiger partial charge is 0.298 e. The Hall–Kier alpha value is -1.92. The summed E-state index contributed by atoms with van der Waals surface area (Å²) in [5.74, 6) is -0.190. The first-order valence-corrected chi connectivity index (χ1v) is 12.3. The number of amides is 1. The van der Waals surface area contributed by atoms with Gasteiger partial charge in [-0.1, -0.05) is 11.3 Å². The maximum atomic E-state index is 13.2. The molecule has 0 spiro atoms. The molecule has 1 aromatic carbocycles. The predicted molar refractivity (Wildman–Crippen MR) is 120 cm³/mol. The molecule has 1 fully saturated rings. The highest BCUT2D eigenvalue weighted by Gasteiger charge is 2.27. The lowest BCUT2D eigenvalue weighted by molar-refractivity contribution is -0.119. The zero-order valence-corrected chi connectivity index (χ0v) is 19.4. The van der Waals surface area contributed by atoms with E-state index in [0.717, 1.165) is 13.1 Å². The van der Waals surface area contributed by atoms with Gasteiger partial charge in [0, 0.05) is 32.4 Å². The molecule has 0 atom stereocenters. The van der Waals surface area contributed by atoms with Crippen molar-refractivity contribution >= 4 is 54.8 Å². The first-order chi connectivity index (χ1) is 14.4. The fourth-order valence-corrected chi connectivity index (χ4v) is 4.95. The minimum atomic E-state index is -3.33. The Morgan fingerprint density at radius 1 is 1.23 bits per heavy atom. The summed E-state index contributed by atoms with van der Waals surface area (Å²) in [6, 6.07) is 4.79. The molecule has 9 nitrogen and oxygen atoms in total. The Morgan fingerprint density at radius 3 is 2.68 bits per heavy atom. The number of aromatic nitrogens is 1. The maximum absolute atomic E-state index is 13.2. The Balaban J connectivity index is 0.00000272. The molecule has 2 aromatic rings. The van der Waals surface area contributed by atoms with Crippen LogP contribution in [0.1, 0.15) is 0 Å². The number of morpholine rings is 1. The highest BCUT2D eigenvalue weighted by Crippen LogP contribution is 2.31. The number of hydrogen-bond donors (Lipinski definition) is 0. The highest BCUT2D eigenvalue weighted by atomic mass is 35.5. The molecule has 170 valence electrons. The van der Waals surface area contributed by atoms with E-state index in [1.54, 1.807) is 17.0 Å². The van der Waals surface area contributed by atoms with Crippen molar-refractivity contribution in [2.45, 2.75) is 4.90 Å². The number of halogens is 1. The molecule has 0 unspecified atom stereocenters. The molecule has 3 heterocycles. The average Bonchev–Trinajstić information content (AvgIpc) is 3.17. The number of carbonyl (C=O) groups excluding carboxylic acids is 1. The van der Waals surface area contributed by atoms with Crippen molar-refractivity contribution in [2.24, 2.45) is 0 Å². The first kappa shape index (κ1) is 23.7. The van der Waals surface area contributed by atoms with Crippen LogP contribution in [0.3, 0.4) is 0 Å². The summed E-state index contributed by atoms with van der Waals surface area (Å²) in [5, 5.41) is 0.490. The minimum absolute atomic E-state index is 0. The lowest BCUT2D eigenvalue weighted by Gasteiger charge is -2.29. The van der Waals surface area contributed by atoms with Crippen LogP contribution in [0.5, 0.6) is 0 Å². The van der Waals surface area contributed by atoms with E-state index in [-0.39, 0.29) is 29.0 Å². The Morgan fingerprint density at radius 2 is 2.00 bits per heavy atom. The Bertz CT molecular complexity index is 1070. The molecule has 2 aliphatic heterocycles. The largest absolute Gasteiger partial charge is 0.494 e. The second-order valence-corrected chi connectivity index (χ2v) is 10.0. The number of thiazole rings is 1. The minimum Gasteiger partial charge on any atom is -0.494 e. The first-order valence-electron chi connectivity index (χ1n) is 9.59. The topological polar surface area (TPSA) is 98.3 Å². The number of sulfone groups is 1. The third-order valence-electron chi connectivity index (χ3n) is 4.86.